The van der Waals surface area contributed by atoms with Crippen LogP contribution in [0.2, 0.25) is 0 Å². The summed E-state index contributed by atoms with van der Waals surface area (Å²) in [5, 5.41) is 2.25. The zero-order chi connectivity index (χ0) is 13.0. The molecule has 18 heavy (non-hydrogen) atoms. The number of amides is 2. The van der Waals surface area contributed by atoms with E-state index in [1.807, 2.05) is 0 Å². The van der Waals surface area contributed by atoms with E-state index in [2.05, 4.69) is 5.32 Å². The van der Waals surface area contributed by atoms with Crippen molar-refractivity contribution in [1.82, 2.24) is 10.2 Å². The Morgan fingerprint density at radius 3 is 2.39 bits per heavy atom. The molecule has 0 aliphatic carbocycles. The predicted molar refractivity (Wildman–Crippen MR) is 65.9 cm³/mol. The number of benzene rings is 1. The van der Waals surface area contributed by atoms with Crippen LogP contribution in [0, 0.1) is 0 Å². The zero-order valence-corrected chi connectivity index (χ0v) is 9.89. The number of carbonyl (C=O) groups excluding carboxylic acids is 2. The van der Waals surface area contributed by atoms with Crippen LogP contribution in [0.25, 0.3) is 0 Å². The highest BCUT2D eigenvalue weighted by Gasteiger charge is 2.21. The molecule has 0 atom stereocenters. The predicted octanol–water partition coefficient (Wildman–Crippen LogP) is -0.394. The van der Waals surface area contributed by atoms with Crippen molar-refractivity contribution >= 4 is 17.5 Å². The molecule has 2 amide bonds. The number of nitrogen functional groups attached to an aromatic ring is 1. The first-order chi connectivity index (χ1) is 8.63. The Kier molecular flexibility index (Phi) is 3.78. The summed E-state index contributed by atoms with van der Waals surface area (Å²) in [6.45, 7) is 1.42. The number of imide groups is 1. The second-order valence-corrected chi connectivity index (χ2v) is 4.10. The lowest BCUT2D eigenvalue weighted by Gasteiger charge is -2.24. The van der Waals surface area contributed by atoms with Crippen molar-refractivity contribution in [3.05, 3.63) is 24.3 Å². The third-order valence-corrected chi connectivity index (χ3v) is 2.57. The third kappa shape index (κ3) is 3.46. The van der Waals surface area contributed by atoms with Gasteiger partial charge in [0, 0.05) is 12.2 Å². The van der Waals surface area contributed by atoms with Gasteiger partial charge in [-0.1, -0.05) is 0 Å². The first-order valence-electron chi connectivity index (χ1n) is 5.67. The van der Waals surface area contributed by atoms with Crippen LogP contribution in [0.5, 0.6) is 5.75 Å². The van der Waals surface area contributed by atoms with Gasteiger partial charge in [0.25, 0.3) is 0 Å². The van der Waals surface area contributed by atoms with E-state index < -0.39 is 0 Å². The number of piperazine rings is 1. The Bertz CT molecular complexity index is 428. The maximum Gasteiger partial charge on any atom is 0.240 e. The summed E-state index contributed by atoms with van der Waals surface area (Å²) in [5.74, 6) is 0.189. The number of hydrogen-bond donors (Lipinski definition) is 2. The maximum atomic E-state index is 11.1. The lowest BCUT2D eigenvalue weighted by molar-refractivity contribution is -0.136. The highest BCUT2D eigenvalue weighted by atomic mass is 16.5. The molecule has 0 spiro atoms. The molecule has 1 aliphatic rings. The van der Waals surface area contributed by atoms with Crippen molar-refractivity contribution in [1.29, 1.82) is 0 Å². The van der Waals surface area contributed by atoms with Crippen LogP contribution in [0.1, 0.15) is 0 Å². The third-order valence-electron chi connectivity index (χ3n) is 2.57. The van der Waals surface area contributed by atoms with Gasteiger partial charge in [0.1, 0.15) is 12.4 Å². The van der Waals surface area contributed by atoms with Gasteiger partial charge < -0.3 is 10.5 Å². The molecule has 3 N–H and O–H groups in total. The Hall–Kier alpha value is -2.08. The van der Waals surface area contributed by atoms with Crippen molar-refractivity contribution in [2.24, 2.45) is 0 Å². The van der Waals surface area contributed by atoms with E-state index in [-0.39, 0.29) is 24.9 Å². The number of ether oxygens (including phenoxy) is 1. The number of carbonyl (C=O) groups is 2. The molecule has 0 radical (unpaired) electrons. The van der Waals surface area contributed by atoms with Crippen molar-refractivity contribution in [3.8, 4) is 5.75 Å². The highest BCUT2D eigenvalue weighted by Crippen LogP contribution is 2.12. The smallest absolute Gasteiger partial charge is 0.240 e. The minimum atomic E-state index is -0.265. The number of nitrogens with one attached hydrogen (secondary N) is 1. The first kappa shape index (κ1) is 12.4. The second-order valence-electron chi connectivity index (χ2n) is 4.10. The molecule has 1 aromatic carbocycles. The second kappa shape index (κ2) is 5.50. The van der Waals surface area contributed by atoms with Crippen LogP contribution >= 0.6 is 0 Å². The number of anilines is 1. The van der Waals surface area contributed by atoms with Crippen LogP contribution in [0.3, 0.4) is 0 Å². The summed E-state index contributed by atoms with van der Waals surface area (Å²) in [7, 11) is 0. The van der Waals surface area contributed by atoms with Crippen molar-refractivity contribution in [3.63, 3.8) is 0 Å². The van der Waals surface area contributed by atoms with Crippen LogP contribution in [-0.2, 0) is 9.59 Å². The maximum absolute atomic E-state index is 11.1. The Labute approximate surface area is 105 Å². The number of hydrogen-bond acceptors (Lipinski definition) is 5. The molecule has 2 rings (SSSR count). The van der Waals surface area contributed by atoms with E-state index in [1.165, 1.54) is 0 Å². The molecule has 96 valence electrons. The van der Waals surface area contributed by atoms with Gasteiger partial charge in [-0.05, 0) is 24.3 Å². The van der Waals surface area contributed by atoms with E-state index in [1.54, 1.807) is 29.2 Å². The largest absolute Gasteiger partial charge is 0.492 e. The van der Waals surface area contributed by atoms with Gasteiger partial charge in [-0.25, -0.2) is 0 Å². The van der Waals surface area contributed by atoms with E-state index in [0.29, 0.717) is 18.8 Å². The molecule has 1 aromatic rings. The summed E-state index contributed by atoms with van der Waals surface area (Å²) in [5.41, 5.74) is 6.24. The molecule has 0 aromatic heterocycles. The fourth-order valence-electron chi connectivity index (χ4n) is 1.71. The summed E-state index contributed by atoms with van der Waals surface area (Å²) >= 11 is 0. The molecule has 1 aliphatic heterocycles. The van der Waals surface area contributed by atoms with Crippen molar-refractivity contribution in [2.45, 2.75) is 0 Å². The molecule has 1 saturated heterocycles. The first-order valence-corrected chi connectivity index (χ1v) is 5.67. The Morgan fingerprint density at radius 2 is 1.78 bits per heavy atom. The van der Waals surface area contributed by atoms with Crippen LogP contribution < -0.4 is 15.8 Å². The monoisotopic (exact) mass is 249 g/mol. The zero-order valence-electron chi connectivity index (χ0n) is 9.89. The Morgan fingerprint density at radius 1 is 1.17 bits per heavy atom. The summed E-state index contributed by atoms with van der Waals surface area (Å²) in [6.07, 6.45) is 0. The van der Waals surface area contributed by atoms with Gasteiger partial charge in [-0.3, -0.25) is 19.8 Å². The highest BCUT2D eigenvalue weighted by molar-refractivity contribution is 5.99. The normalized spacial score (nSPS) is 16.4. The van der Waals surface area contributed by atoms with Gasteiger partial charge in [-0.15, -0.1) is 0 Å². The van der Waals surface area contributed by atoms with Gasteiger partial charge in [0.05, 0.1) is 13.1 Å². The molecule has 0 unspecified atom stereocenters. The van der Waals surface area contributed by atoms with E-state index >= 15 is 0 Å². The average molecular weight is 249 g/mol. The molecule has 0 saturated carbocycles. The van der Waals surface area contributed by atoms with Crippen LogP contribution in [0.4, 0.5) is 5.69 Å². The SMILES string of the molecule is Nc1ccc(OCCN2CC(=O)NC(=O)C2)cc1. The van der Waals surface area contributed by atoms with Gasteiger partial charge in [0.15, 0.2) is 0 Å². The topological polar surface area (TPSA) is 84.7 Å². The molecule has 6 nitrogen and oxygen atoms in total. The van der Waals surface area contributed by atoms with Crippen molar-refractivity contribution in [2.75, 3.05) is 32.0 Å². The standard InChI is InChI=1S/C12H15N3O3/c13-9-1-3-10(4-2-9)18-6-5-15-7-11(16)14-12(17)8-15/h1-4H,5-8,13H2,(H,14,16,17). The van der Waals surface area contributed by atoms with Crippen molar-refractivity contribution < 1.29 is 14.3 Å². The summed E-state index contributed by atoms with van der Waals surface area (Å²) in [6, 6.07) is 7.08. The lowest BCUT2D eigenvalue weighted by Crippen LogP contribution is -2.52. The van der Waals surface area contributed by atoms with E-state index in [4.69, 9.17) is 10.5 Å². The van der Waals surface area contributed by atoms with E-state index in [9.17, 15) is 9.59 Å². The number of nitrogens with two attached hydrogens (primary N) is 1. The summed E-state index contributed by atoms with van der Waals surface area (Å²) in [4.78, 5) is 24.0. The summed E-state index contributed by atoms with van der Waals surface area (Å²) < 4.78 is 5.49. The molecule has 1 heterocycles. The molecular weight excluding hydrogens is 234 g/mol. The average Bonchev–Trinajstić information content (AvgIpc) is 2.30. The van der Waals surface area contributed by atoms with Crippen LogP contribution in [-0.4, -0.2) is 43.0 Å². The lowest BCUT2D eigenvalue weighted by atomic mass is 10.3. The minimum Gasteiger partial charge on any atom is -0.492 e. The molecule has 6 heteroatoms. The van der Waals surface area contributed by atoms with Gasteiger partial charge in [0.2, 0.25) is 11.8 Å². The molecule has 1 fully saturated rings. The number of rotatable bonds is 4. The Balaban J connectivity index is 1.76. The minimum absolute atomic E-state index is 0.233. The van der Waals surface area contributed by atoms with Gasteiger partial charge in [-0.2, -0.15) is 0 Å². The van der Waals surface area contributed by atoms with Gasteiger partial charge >= 0.3 is 0 Å². The number of nitrogens with zero attached hydrogens (tertiary/aromatic N) is 1. The fraction of sp³-hybridized carbons (Fsp3) is 0.333. The van der Waals surface area contributed by atoms with E-state index in [0.717, 1.165) is 5.75 Å². The molecule has 0 bridgehead atoms. The van der Waals surface area contributed by atoms with Crippen LogP contribution in [0.15, 0.2) is 24.3 Å². The quantitative estimate of drug-likeness (QED) is 0.560. The molecular formula is C12H15N3O3. The fourth-order valence-corrected chi connectivity index (χ4v) is 1.71.